The van der Waals surface area contributed by atoms with Crippen LogP contribution in [-0.2, 0) is 0 Å². The van der Waals surface area contributed by atoms with Crippen LogP contribution in [-0.4, -0.2) is 29.8 Å². The van der Waals surface area contributed by atoms with Crippen molar-refractivity contribution in [1.82, 2.24) is 10.4 Å². The smallest absolute Gasteiger partial charge is 0.0622 e. The second-order valence-electron chi connectivity index (χ2n) is 3.77. The number of benzene rings is 1. The maximum atomic E-state index is 8.81. The van der Waals surface area contributed by atoms with Crippen LogP contribution in [0.15, 0.2) is 30.5 Å². The molecule has 0 aromatic heterocycles. The monoisotopic (exact) mass is 204 g/mol. The largest absolute Gasteiger partial charge is 0.394 e. The summed E-state index contributed by atoms with van der Waals surface area (Å²) in [4.78, 5) is 0. The van der Waals surface area contributed by atoms with Gasteiger partial charge < -0.3 is 10.1 Å². The van der Waals surface area contributed by atoms with Crippen LogP contribution in [0.2, 0.25) is 0 Å². The molecular formula is C12H16N2O. The SMILES string of the molecule is Cc1ccc(C2=CN(CCO)NC2)cc1. The van der Waals surface area contributed by atoms with E-state index in [1.165, 1.54) is 16.7 Å². The molecule has 0 fully saturated rings. The standard InChI is InChI=1S/C12H16N2O/c1-10-2-4-11(5-3-10)12-8-13-14(9-12)6-7-15/h2-5,9,13,15H,6-8H2,1H3. The maximum absolute atomic E-state index is 8.81. The van der Waals surface area contributed by atoms with E-state index in [0.717, 1.165) is 6.54 Å². The molecule has 1 aliphatic rings. The van der Waals surface area contributed by atoms with Crippen molar-refractivity contribution in [2.45, 2.75) is 6.92 Å². The molecule has 80 valence electrons. The van der Waals surface area contributed by atoms with Gasteiger partial charge in [0.05, 0.1) is 13.2 Å². The number of aliphatic hydroxyl groups excluding tert-OH is 1. The maximum Gasteiger partial charge on any atom is 0.0622 e. The van der Waals surface area contributed by atoms with Crippen LogP contribution in [0.4, 0.5) is 0 Å². The third-order valence-electron chi connectivity index (χ3n) is 2.55. The molecule has 0 saturated carbocycles. The molecule has 1 aromatic carbocycles. The van der Waals surface area contributed by atoms with Gasteiger partial charge in [-0.1, -0.05) is 29.8 Å². The molecule has 0 bridgehead atoms. The number of β-amino-alcohol motifs (C(OH)–C–C–N with tert-alkyl or cyclic N) is 1. The number of hydrazine groups is 1. The van der Waals surface area contributed by atoms with Crippen LogP contribution >= 0.6 is 0 Å². The average Bonchev–Trinajstić information content (AvgIpc) is 2.68. The predicted octanol–water partition coefficient (Wildman–Crippen LogP) is 1.15. The number of nitrogens with zero attached hydrogens (tertiary/aromatic N) is 1. The van der Waals surface area contributed by atoms with Gasteiger partial charge >= 0.3 is 0 Å². The zero-order valence-electron chi connectivity index (χ0n) is 8.90. The summed E-state index contributed by atoms with van der Waals surface area (Å²) in [6.45, 7) is 3.73. The van der Waals surface area contributed by atoms with Gasteiger partial charge in [-0.3, -0.25) is 0 Å². The molecule has 0 saturated heterocycles. The topological polar surface area (TPSA) is 35.5 Å². The highest BCUT2D eigenvalue weighted by molar-refractivity contribution is 5.68. The molecule has 0 radical (unpaired) electrons. The Bertz CT molecular complexity index is 356. The minimum absolute atomic E-state index is 0.171. The fourth-order valence-corrected chi connectivity index (χ4v) is 1.66. The van der Waals surface area contributed by atoms with Crippen LogP contribution < -0.4 is 5.43 Å². The van der Waals surface area contributed by atoms with Crippen molar-refractivity contribution in [2.75, 3.05) is 19.7 Å². The van der Waals surface area contributed by atoms with E-state index in [9.17, 15) is 0 Å². The quantitative estimate of drug-likeness (QED) is 0.775. The molecule has 15 heavy (non-hydrogen) atoms. The highest BCUT2D eigenvalue weighted by Gasteiger charge is 2.11. The van der Waals surface area contributed by atoms with Gasteiger partial charge in [-0.05, 0) is 18.1 Å². The Hall–Kier alpha value is -1.32. The summed E-state index contributed by atoms with van der Waals surface area (Å²) in [5.74, 6) is 0. The van der Waals surface area contributed by atoms with Gasteiger partial charge in [0, 0.05) is 12.7 Å². The fourth-order valence-electron chi connectivity index (χ4n) is 1.66. The number of nitrogens with one attached hydrogen (secondary N) is 1. The lowest BCUT2D eigenvalue weighted by atomic mass is 10.1. The van der Waals surface area contributed by atoms with E-state index in [1.54, 1.807) is 0 Å². The van der Waals surface area contributed by atoms with Crippen molar-refractivity contribution in [3.63, 3.8) is 0 Å². The number of hydrogen-bond donors (Lipinski definition) is 2. The first kappa shape index (κ1) is 10.2. The summed E-state index contributed by atoms with van der Waals surface area (Å²) in [6, 6.07) is 8.49. The number of hydrogen-bond acceptors (Lipinski definition) is 3. The molecule has 0 spiro atoms. The van der Waals surface area contributed by atoms with E-state index in [4.69, 9.17) is 5.11 Å². The highest BCUT2D eigenvalue weighted by atomic mass is 16.3. The lowest BCUT2D eigenvalue weighted by Crippen LogP contribution is -2.31. The summed E-state index contributed by atoms with van der Waals surface area (Å²) in [5.41, 5.74) is 6.99. The molecule has 1 aromatic rings. The van der Waals surface area contributed by atoms with E-state index in [0.29, 0.717) is 6.54 Å². The molecule has 0 amide bonds. The molecule has 0 atom stereocenters. The summed E-state index contributed by atoms with van der Waals surface area (Å²) >= 11 is 0. The van der Waals surface area contributed by atoms with E-state index < -0.39 is 0 Å². The van der Waals surface area contributed by atoms with Crippen molar-refractivity contribution in [2.24, 2.45) is 0 Å². The molecule has 3 nitrogen and oxygen atoms in total. The Morgan fingerprint density at radius 2 is 2.07 bits per heavy atom. The molecule has 0 aliphatic carbocycles. The van der Waals surface area contributed by atoms with Gasteiger partial charge in [0.2, 0.25) is 0 Å². The molecule has 3 heteroatoms. The van der Waals surface area contributed by atoms with Gasteiger partial charge in [-0.25, -0.2) is 5.43 Å². The summed E-state index contributed by atoms with van der Waals surface area (Å²) in [5, 5.41) is 10.7. The minimum Gasteiger partial charge on any atom is -0.394 e. The van der Waals surface area contributed by atoms with E-state index >= 15 is 0 Å². The first-order valence-corrected chi connectivity index (χ1v) is 5.18. The molecule has 0 unspecified atom stereocenters. The zero-order valence-corrected chi connectivity index (χ0v) is 8.90. The van der Waals surface area contributed by atoms with Crippen LogP contribution in [0.1, 0.15) is 11.1 Å². The van der Waals surface area contributed by atoms with Gasteiger partial charge in [0.15, 0.2) is 0 Å². The van der Waals surface area contributed by atoms with Gasteiger partial charge in [-0.15, -0.1) is 0 Å². The van der Waals surface area contributed by atoms with Crippen LogP contribution in [0.5, 0.6) is 0 Å². The second-order valence-corrected chi connectivity index (χ2v) is 3.77. The Morgan fingerprint density at radius 1 is 1.33 bits per heavy atom. The predicted molar refractivity (Wildman–Crippen MR) is 61.0 cm³/mol. The van der Waals surface area contributed by atoms with Gasteiger partial charge in [-0.2, -0.15) is 0 Å². The third kappa shape index (κ3) is 2.37. The van der Waals surface area contributed by atoms with Crippen molar-refractivity contribution in [3.05, 3.63) is 41.6 Å². The first-order chi connectivity index (χ1) is 7.29. The third-order valence-corrected chi connectivity index (χ3v) is 2.55. The lowest BCUT2D eigenvalue weighted by molar-refractivity contribution is 0.210. The average molecular weight is 204 g/mol. The lowest BCUT2D eigenvalue weighted by Gasteiger charge is -2.12. The Labute approximate surface area is 90.0 Å². The molecule has 1 heterocycles. The molecule has 1 aliphatic heterocycles. The Kier molecular flexibility index (Phi) is 3.04. The van der Waals surface area contributed by atoms with Gasteiger partial charge in [0.1, 0.15) is 0 Å². The number of rotatable bonds is 3. The molecule has 2 rings (SSSR count). The molecular weight excluding hydrogens is 188 g/mol. The highest BCUT2D eigenvalue weighted by Crippen LogP contribution is 2.18. The zero-order chi connectivity index (χ0) is 10.7. The normalized spacial score (nSPS) is 15.6. The second kappa shape index (κ2) is 4.47. The Balaban J connectivity index is 2.12. The summed E-state index contributed by atoms with van der Waals surface area (Å²) in [7, 11) is 0. The van der Waals surface area contributed by atoms with Crippen molar-refractivity contribution < 1.29 is 5.11 Å². The summed E-state index contributed by atoms with van der Waals surface area (Å²) in [6.07, 6.45) is 2.06. The minimum atomic E-state index is 0.171. The van der Waals surface area contributed by atoms with E-state index in [2.05, 4.69) is 42.8 Å². The van der Waals surface area contributed by atoms with Crippen LogP contribution in [0.3, 0.4) is 0 Å². The van der Waals surface area contributed by atoms with Crippen LogP contribution in [0.25, 0.3) is 5.57 Å². The van der Waals surface area contributed by atoms with E-state index in [1.807, 2.05) is 5.01 Å². The number of aryl methyl sites for hydroxylation is 1. The number of aliphatic hydroxyl groups is 1. The van der Waals surface area contributed by atoms with Crippen molar-refractivity contribution in [1.29, 1.82) is 0 Å². The van der Waals surface area contributed by atoms with Crippen molar-refractivity contribution in [3.8, 4) is 0 Å². The molecule has 2 N–H and O–H groups in total. The fraction of sp³-hybridized carbons (Fsp3) is 0.333. The first-order valence-electron chi connectivity index (χ1n) is 5.18. The van der Waals surface area contributed by atoms with Gasteiger partial charge in [0.25, 0.3) is 0 Å². The summed E-state index contributed by atoms with van der Waals surface area (Å²) < 4.78 is 0. The van der Waals surface area contributed by atoms with Crippen molar-refractivity contribution >= 4 is 5.57 Å². The van der Waals surface area contributed by atoms with E-state index in [-0.39, 0.29) is 6.61 Å². The Morgan fingerprint density at radius 3 is 2.73 bits per heavy atom. The van der Waals surface area contributed by atoms with Crippen LogP contribution in [0, 0.1) is 6.92 Å².